The average molecular weight is 211 g/mol. The minimum Gasteiger partial charge on any atom is -0.304 e. The van der Waals surface area contributed by atoms with Gasteiger partial charge in [0.25, 0.3) is 14.1 Å². The molecule has 0 aliphatic carbocycles. The van der Waals surface area contributed by atoms with Gasteiger partial charge in [-0.1, -0.05) is 42.5 Å². The number of hydrogen-bond donors (Lipinski definition) is 0. The van der Waals surface area contributed by atoms with Crippen LogP contribution < -0.4 is 0 Å². The predicted molar refractivity (Wildman–Crippen MR) is 66.4 cm³/mol. The summed E-state index contributed by atoms with van der Waals surface area (Å²) in [6.45, 7) is 8.70. The predicted octanol–water partition coefficient (Wildman–Crippen LogP) is 3.40. The molecule has 0 aromatic rings. The van der Waals surface area contributed by atoms with Crippen LogP contribution in [0.15, 0.2) is 0 Å². The molecule has 0 unspecified atom stereocenters. The Kier molecular flexibility index (Phi) is 6.95. The van der Waals surface area contributed by atoms with Crippen molar-refractivity contribution in [1.82, 2.24) is 4.90 Å². The van der Waals surface area contributed by atoms with E-state index in [2.05, 4.69) is 18.7 Å². The van der Waals surface area contributed by atoms with E-state index >= 15 is 0 Å². The van der Waals surface area contributed by atoms with Crippen molar-refractivity contribution in [2.75, 3.05) is 19.6 Å². The van der Waals surface area contributed by atoms with Gasteiger partial charge in [0.05, 0.1) is 0 Å². The molecule has 1 aliphatic heterocycles. The van der Waals surface area contributed by atoms with E-state index in [1.165, 1.54) is 50.6 Å². The largest absolute Gasteiger partial charge is 0.304 e. The highest BCUT2D eigenvalue weighted by Crippen LogP contribution is 2.15. The van der Waals surface area contributed by atoms with E-state index in [0.29, 0.717) is 0 Å². The van der Waals surface area contributed by atoms with Gasteiger partial charge in [0.15, 0.2) is 0 Å². The molecule has 0 amide bonds. The Hall–Kier alpha value is 0.492. The Morgan fingerprint density at radius 1 is 0.929 bits per heavy atom. The fourth-order valence-electron chi connectivity index (χ4n) is 2.52. The molecule has 0 atom stereocenters. The van der Waals surface area contributed by atoms with Crippen molar-refractivity contribution in [3.05, 3.63) is 0 Å². The fourth-order valence-corrected chi connectivity index (χ4v) is 5.35. The normalized spacial score (nSPS) is 22.3. The van der Waals surface area contributed by atoms with E-state index in [1.54, 1.807) is 10.6 Å². The maximum atomic E-state index is 2.63. The molecule has 1 saturated heterocycles. The van der Waals surface area contributed by atoms with Gasteiger partial charge in [0.2, 0.25) is 0 Å². The third-order valence-electron chi connectivity index (χ3n) is 3.70. The van der Waals surface area contributed by atoms with Crippen molar-refractivity contribution >= 4 is 14.1 Å². The molecule has 1 heterocycles. The van der Waals surface area contributed by atoms with E-state index in [4.69, 9.17) is 0 Å². The number of nitrogens with zero attached hydrogens (tertiary/aromatic N) is 1. The van der Waals surface area contributed by atoms with Gasteiger partial charge in [-0.15, -0.1) is 0 Å². The molecule has 82 valence electrons. The van der Waals surface area contributed by atoms with Crippen LogP contribution in [0.5, 0.6) is 0 Å². The summed E-state index contributed by atoms with van der Waals surface area (Å²) in [7, 11) is 0. The maximum Gasteiger partial charge on any atom is 0.261 e. The monoisotopic (exact) mass is 211 g/mol. The van der Waals surface area contributed by atoms with Crippen LogP contribution in [0.2, 0.25) is 15.8 Å². The standard InChI is InChI=1S/C10H21N.C2H5.Al/c1-4-7-9-11(6-3)10-8-5-2;1-2;/h1-2,4-10H2,3H3;1H2,2H3;. The summed E-state index contributed by atoms with van der Waals surface area (Å²) >= 11 is -0.276. The van der Waals surface area contributed by atoms with Crippen molar-refractivity contribution < 1.29 is 0 Å². The van der Waals surface area contributed by atoms with Gasteiger partial charge in [-0.25, -0.2) is 0 Å². The summed E-state index contributed by atoms with van der Waals surface area (Å²) < 4.78 is 0. The molecule has 1 rings (SSSR count). The highest BCUT2D eigenvalue weighted by atomic mass is 27.2. The van der Waals surface area contributed by atoms with Gasteiger partial charge in [-0.2, -0.15) is 0 Å². The summed E-state index contributed by atoms with van der Waals surface area (Å²) in [6, 6.07) is 0. The van der Waals surface area contributed by atoms with Gasteiger partial charge in [0, 0.05) is 0 Å². The first kappa shape index (κ1) is 12.6. The Morgan fingerprint density at radius 3 is 1.93 bits per heavy atom. The molecule has 0 aromatic carbocycles. The molecule has 0 aromatic heterocycles. The van der Waals surface area contributed by atoms with E-state index in [1.807, 2.05) is 0 Å². The van der Waals surface area contributed by atoms with E-state index in [0.717, 1.165) is 0 Å². The highest BCUT2D eigenvalue weighted by molar-refractivity contribution is 6.58. The molecule has 0 bridgehead atoms. The Morgan fingerprint density at radius 2 is 1.50 bits per heavy atom. The van der Waals surface area contributed by atoms with Crippen LogP contribution in [0.3, 0.4) is 0 Å². The first-order chi connectivity index (χ1) is 6.86. The molecular weight excluding hydrogens is 185 g/mol. The molecule has 1 aliphatic rings. The quantitative estimate of drug-likeness (QED) is 0.633. The minimum atomic E-state index is -0.276. The van der Waals surface area contributed by atoms with Crippen molar-refractivity contribution in [3.63, 3.8) is 0 Å². The molecule has 14 heavy (non-hydrogen) atoms. The third kappa shape index (κ3) is 4.82. The van der Waals surface area contributed by atoms with Gasteiger partial charge in [-0.05, 0) is 32.5 Å². The lowest BCUT2D eigenvalue weighted by atomic mass is 10.2. The summed E-state index contributed by atoms with van der Waals surface area (Å²) in [5, 5.41) is 4.78. The minimum absolute atomic E-state index is 0.276. The van der Waals surface area contributed by atoms with Crippen molar-refractivity contribution in [3.8, 4) is 0 Å². The third-order valence-corrected chi connectivity index (χ3v) is 7.30. The van der Waals surface area contributed by atoms with E-state index in [-0.39, 0.29) is 14.1 Å². The van der Waals surface area contributed by atoms with Gasteiger partial charge in [-0.3, -0.25) is 0 Å². The van der Waals surface area contributed by atoms with Gasteiger partial charge >= 0.3 is 0 Å². The maximum absolute atomic E-state index is 2.63. The first-order valence-corrected chi connectivity index (χ1v) is 9.04. The van der Waals surface area contributed by atoms with Crippen LogP contribution in [-0.2, 0) is 0 Å². The highest BCUT2D eigenvalue weighted by Gasteiger charge is 2.15. The SMILES string of the molecule is CCN1CCC[CH2][Al]([CH2]C)[CH2]CCC1. The smallest absolute Gasteiger partial charge is 0.261 e. The lowest BCUT2D eigenvalue weighted by molar-refractivity contribution is 0.277. The summed E-state index contributed by atoms with van der Waals surface area (Å²) in [4.78, 5) is 2.63. The lowest BCUT2D eigenvalue weighted by Gasteiger charge is -2.22. The van der Waals surface area contributed by atoms with E-state index < -0.39 is 0 Å². The van der Waals surface area contributed by atoms with Crippen LogP contribution in [0.25, 0.3) is 0 Å². The first-order valence-electron chi connectivity index (χ1n) is 6.59. The topological polar surface area (TPSA) is 3.24 Å². The Bertz CT molecular complexity index is 110. The molecule has 2 heteroatoms. The zero-order valence-corrected chi connectivity index (χ0v) is 11.3. The number of hydrogen-bond acceptors (Lipinski definition) is 1. The van der Waals surface area contributed by atoms with Crippen LogP contribution in [0, 0.1) is 0 Å². The molecule has 0 saturated carbocycles. The Labute approximate surface area is 94.3 Å². The molecule has 0 spiro atoms. The molecule has 1 nitrogen and oxygen atoms in total. The zero-order valence-electron chi connectivity index (χ0n) is 10.1. The van der Waals surface area contributed by atoms with Crippen molar-refractivity contribution in [2.24, 2.45) is 0 Å². The van der Waals surface area contributed by atoms with Crippen LogP contribution in [-0.4, -0.2) is 38.7 Å². The van der Waals surface area contributed by atoms with Crippen molar-refractivity contribution in [2.45, 2.75) is 55.4 Å². The van der Waals surface area contributed by atoms with Crippen LogP contribution in [0.1, 0.15) is 39.5 Å². The molecule has 0 radical (unpaired) electrons. The van der Waals surface area contributed by atoms with Crippen LogP contribution >= 0.6 is 0 Å². The average Bonchev–Trinajstić information content (AvgIpc) is 2.25. The summed E-state index contributed by atoms with van der Waals surface area (Å²) in [5.41, 5.74) is 0. The number of rotatable bonds is 2. The lowest BCUT2D eigenvalue weighted by Crippen LogP contribution is -2.27. The summed E-state index contributed by atoms with van der Waals surface area (Å²) in [5.74, 6) is 0. The molecular formula is C12H26AlN. The van der Waals surface area contributed by atoms with E-state index in [9.17, 15) is 0 Å². The van der Waals surface area contributed by atoms with Crippen molar-refractivity contribution in [1.29, 1.82) is 0 Å². The Balaban J connectivity index is 2.26. The zero-order chi connectivity index (χ0) is 10.2. The van der Waals surface area contributed by atoms with Gasteiger partial charge < -0.3 is 4.90 Å². The van der Waals surface area contributed by atoms with Gasteiger partial charge in [0.1, 0.15) is 0 Å². The molecule has 1 fully saturated rings. The second kappa shape index (κ2) is 7.74. The van der Waals surface area contributed by atoms with Crippen LogP contribution in [0.4, 0.5) is 0 Å². The second-order valence-electron chi connectivity index (χ2n) is 4.70. The molecule has 0 N–H and O–H groups in total. The fraction of sp³-hybridized carbons (Fsp3) is 1.00. The second-order valence-corrected chi connectivity index (χ2v) is 8.40. The summed E-state index contributed by atoms with van der Waals surface area (Å²) in [6.07, 6.45) is 5.94.